The normalized spacial score (nSPS) is 54.3. The summed E-state index contributed by atoms with van der Waals surface area (Å²) in [4.78, 5) is 13.2. The number of fused-ring (bicyclic) bond motifs is 7. The number of aliphatic hydroxyl groups excluding tert-OH is 10. The maximum Gasteiger partial charge on any atom is 0.310 e. The monoisotopic (exact) mass is 1030 g/mol. The van der Waals surface area contributed by atoms with Gasteiger partial charge in [0.1, 0.15) is 79.4 Å². The third-order valence-corrected chi connectivity index (χ3v) is 20.7. The lowest BCUT2D eigenvalue weighted by Gasteiger charge is -2.71. The molecule has 4 saturated carbocycles. The molecule has 412 valence electrons. The summed E-state index contributed by atoms with van der Waals surface area (Å²) in [6.45, 7) is 16.3. The molecule has 20 nitrogen and oxygen atoms in total. The van der Waals surface area contributed by atoms with Gasteiger partial charge < -0.3 is 94.1 Å². The van der Waals surface area contributed by atoms with Crippen LogP contribution in [0.15, 0.2) is 11.6 Å². The number of carboxylic acids is 1. The van der Waals surface area contributed by atoms with Gasteiger partial charge in [-0.1, -0.05) is 60.1 Å². The van der Waals surface area contributed by atoms with Crippen LogP contribution in [-0.2, 0) is 42.7 Å². The van der Waals surface area contributed by atoms with Gasteiger partial charge in [-0.2, -0.15) is 0 Å². The highest BCUT2D eigenvalue weighted by Gasteiger charge is 2.70. The molecule has 4 saturated heterocycles. The molecule has 4 aliphatic heterocycles. The van der Waals surface area contributed by atoms with Gasteiger partial charge >= 0.3 is 5.97 Å². The van der Waals surface area contributed by atoms with E-state index in [1.165, 1.54) is 12.5 Å². The minimum Gasteiger partial charge on any atom is -0.481 e. The lowest BCUT2D eigenvalue weighted by molar-refractivity contribution is -0.388. The Bertz CT molecular complexity index is 1990. The van der Waals surface area contributed by atoms with Gasteiger partial charge in [0.15, 0.2) is 25.2 Å². The molecule has 0 bridgehead atoms. The highest BCUT2D eigenvalue weighted by atomic mass is 16.8. The van der Waals surface area contributed by atoms with Crippen molar-refractivity contribution < 1.29 is 98.9 Å². The molecule has 0 aromatic rings. The molecule has 26 unspecified atom stereocenters. The van der Waals surface area contributed by atoms with E-state index in [1.54, 1.807) is 0 Å². The van der Waals surface area contributed by atoms with Crippen molar-refractivity contribution in [2.75, 3.05) is 19.8 Å². The molecule has 9 aliphatic rings. The number of hydrogen-bond donors (Lipinski definition) is 11. The van der Waals surface area contributed by atoms with Gasteiger partial charge in [0.05, 0.1) is 37.4 Å². The summed E-state index contributed by atoms with van der Waals surface area (Å²) in [6, 6.07) is 0. The third kappa shape index (κ3) is 8.87. The Hall–Kier alpha value is -1.51. The number of hydrogen-bond acceptors (Lipinski definition) is 19. The van der Waals surface area contributed by atoms with Crippen LogP contribution in [0.5, 0.6) is 0 Å². The van der Waals surface area contributed by atoms with Gasteiger partial charge in [-0.15, -0.1) is 0 Å². The first-order valence-electron chi connectivity index (χ1n) is 26.5. The van der Waals surface area contributed by atoms with Crippen molar-refractivity contribution in [2.45, 2.75) is 236 Å². The molecule has 26 atom stereocenters. The van der Waals surface area contributed by atoms with Crippen LogP contribution in [-0.4, -0.2) is 199 Å². The van der Waals surface area contributed by atoms with Gasteiger partial charge in [0.2, 0.25) is 0 Å². The fourth-order valence-electron chi connectivity index (χ4n) is 16.0. The molecular weight excluding hydrogens is 945 g/mol. The van der Waals surface area contributed by atoms with Gasteiger partial charge in [-0.05, 0) is 116 Å². The summed E-state index contributed by atoms with van der Waals surface area (Å²) < 4.78 is 48.7. The molecule has 20 heteroatoms. The SMILES string of the molecule is CC1OC(OC2C(OC3CCC4(C)C(CCC5(C)C4CC=C4C6CC(C)(C)CCC6(C(=O)O)CCC45C)C3(C)C)OCC(OC3OC(CO)C(O)C(O)C3O)C2O)C(O)C(OC2OCC(O)C(O)C2O)C1O. The summed E-state index contributed by atoms with van der Waals surface area (Å²) >= 11 is 0. The third-order valence-electron chi connectivity index (χ3n) is 20.7. The molecule has 0 radical (unpaired) electrons. The fraction of sp³-hybridized carbons (Fsp3) is 0.942. The van der Waals surface area contributed by atoms with Crippen LogP contribution in [0.25, 0.3) is 0 Å². The first-order valence-corrected chi connectivity index (χ1v) is 26.5. The van der Waals surface area contributed by atoms with Gasteiger partial charge in [-0.3, -0.25) is 4.79 Å². The number of carbonyl (C=O) groups is 1. The zero-order valence-electron chi connectivity index (χ0n) is 43.1. The molecule has 4 heterocycles. The predicted octanol–water partition coefficient (Wildman–Crippen LogP) is 0.836. The maximum absolute atomic E-state index is 13.2. The van der Waals surface area contributed by atoms with Crippen LogP contribution in [0, 0.1) is 50.2 Å². The largest absolute Gasteiger partial charge is 0.481 e. The molecule has 8 fully saturated rings. The Morgan fingerprint density at radius 2 is 1.29 bits per heavy atom. The maximum atomic E-state index is 13.2. The van der Waals surface area contributed by atoms with Crippen LogP contribution >= 0.6 is 0 Å². The van der Waals surface area contributed by atoms with E-state index in [9.17, 15) is 61.0 Å². The van der Waals surface area contributed by atoms with E-state index >= 15 is 0 Å². The number of ether oxygens (including phenoxy) is 8. The summed E-state index contributed by atoms with van der Waals surface area (Å²) in [5.74, 6) is -0.177. The number of aliphatic hydroxyl groups is 10. The van der Waals surface area contributed by atoms with Gasteiger partial charge in [-0.25, -0.2) is 0 Å². The van der Waals surface area contributed by atoms with Crippen molar-refractivity contribution in [3.05, 3.63) is 11.6 Å². The Labute approximate surface area is 421 Å². The van der Waals surface area contributed by atoms with Gasteiger partial charge in [0, 0.05) is 0 Å². The zero-order valence-corrected chi connectivity index (χ0v) is 43.1. The second-order valence-electron chi connectivity index (χ2n) is 25.4. The van der Waals surface area contributed by atoms with Crippen LogP contribution < -0.4 is 0 Å². The van der Waals surface area contributed by atoms with E-state index < -0.39 is 147 Å². The average molecular weight is 1030 g/mol. The van der Waals surface area contributed by atoms with Crippen LogP contribution in [0.1, 0.15) is 120 Å². The summed E-state index contributed by atoms with van der Waals surface area (Å²) in [7, 11) is 0. The predicted molar refractivity (Wildman–Crippen MR) is 250 cm³/mol. The van der Waals surface area contributed by atoms with Crippen molar-refractivity contribution in [1.82, 2.24) is 0 Å². The molecule has 5 aliphatic carbocycles. The topological polar surface area (TPSA) is 313 Å². The lowest BCUT2D eigenvalue weighted by atomic mass is 9.33. The van der Waals surface area contributed by atoms with Gasteiger partial charge in [0.25, 0.3) is 0 Å². The van der Waals surface area contributed by atoms with E-state index in [1.807, 2.05) is 0 Å². The van der Waals surface area contributed by atoms with E-state index in [0.29, 0.717) is 25.2 Å². The summed E-state index contributed by atoms with van der Waals surface area (Å²) in [5, 5.41) is 119. The molecule has 11 N–H and O–H groups in total. The second kappa shape index (κ2) is 19.7. The lowest BCUT2D eigenvalue weighted by Crippen LogP contribution is -2.67. The summed E-state index contributed by atoms with van der Waals surface area (Å²) in [6.07, 6.45) is -17.9. The Balaban J connectivity index is 0.969. The number of rotatable bonds is 10. The number of carboxylic acid groups (broad SMARTS) is 1. The highest BCUT2D eigenvalue weighted by molar-refractivity contribution is 5.76. The van der Waals surface area contributed by atoms with Crippen molar-refractivity contribution in [3.63, 3.8) is 0 Å². The van der Waals surface area contributed by atoms with E-state index in [2.05, 4.69) is 54.5 Å². The van der Waals surface area contributed by atoms with Crippen molar-refractivity contribution in [1.29, 1.82) is 0 Å². The Morgan fingerprint density at radius 3 is 1.99 bits per heavy atom. The average Bonchev–Trinajstić information content (AvgIpc) is 3.32. The molecule has 0 amide bonds. The van der Waals surface area contributed by atoms with Crippen LogP contribution in [0.3, 0.4) is 0 Å². The van der Waals surface area contributed by atoms with Crippen molar-refractivity contribution in [3.8, 4) is 0 Å². The minimum absolute atomic E-state index is 0.000712. The number of allylic oxidation sites excluding steroid dienone is 2. The first kappa shape index (κ1) is 55.3. The van der Waals surface area contributed by atoms with Crippen molar-refractivity contribution in [2.24, 2.45) is 50.2 Å². The highest BCUT2D eigenvalue weighted by Crippen LogP contribution is 2.76. The van der Waals surface area contributed by atoms with Crippen molar-refractivity contribution >= 4 is 5.97 Å². The fourth-order valence-corrected chi connectivity index (χ4v) is 16.0. The van der Waals surface area contributed by atoms with E-state index in [4.69, 9.17) is 37.9 Å². The Morgan fingerprint density at radius 1 is 0.639 bits per heavy atom. The first-order chi connectivity index (χ1) is 33.7. The van der Waals surface area contributed by atoms with E-state index in [0.717, 1.165) is 44.9 Å². The Kier molecular flexibility index (Phi) is 15.2. The van der Waals surface area contributed by atoms with E-state index in [-0.39, 0.29) is 40.1 Å². The standard InChI is InChI=1S/C52H84O20/c1-23-32(55)40(71-42-37(60)33(56)26(54)21-65-42)39(62)44(67-23)72-41-35(58)28(69-43-38(61)36(59)34(57)27(20-53)68-43)22-66-45(41)70-31-12-13-49(6)29(48(31,4)5)11-14-51(8)30(49)10-9-24-25-19-47(2,3)15-17-52(25,46(63)64)18-16-50(24,51)7/h9,23,25-45,53-62H,10-22H2,1-8H3,(H,63,64). The summed E-state index contributed by atoms with van der Waals surface area (Å²) in [5.41, 5.74) is -0.167. The second-order valence-corrected chi connectivity index (χ2v) is 25.4. The molecule has 72 heavy (non-hydrogen) atoms. The zero-order chi connectivity index (χ0) is 52.4. The van der Waals surface area contributed by atoms with Crippen LogP contribution in [0.4, 0.5) is 0 Å². The quantitative estimate of drug-likeness (QED) is 0.107. The molecular formula is C52H84O20. The molecule has 9 rings (SSSR count). The molecule has 0 aromatic carbocycles. The minimum atomic E-state index is -1.82. The molecule has 0 spiro atoms. The number of aliphatic carboxylic acids is 1. The van der Waals surface area contributed by atoms with Crippen LogP contribution in [0.2, 0.25) is 0 Å². The smallest absolute Gasteiger partial charge is 0.310 e. The molecule has 0 aromatic heterocycles.